The Morgan fingerprint density at radius 3 is 2.56 bits per heavy atom. The van der Waals surface area contributed by atoms with Crippen molar-refractivity contribution >= 4 is 39.5 Å². The van der Waals surface area contributed by atoms with Crippen LogP contribution in [0.5, 0.6) is 0 Å². The molecule has 1 aromatic rings. The molecule has 2 saturated heterocycles. The van der Waals surface area contributed by atoms with E-state index in [4.69, 9.17) is 4.74 Å². The van der Waals surface area contributed by atoms with Gasteiger partial charge in [-0.15, -0.1) is 0 Å². The van der Waals surface area contributed by atoms with Crippen LogP contribution in [0.4, 0.5) is 10.5 Å². The molecule has 146 valence electrons. The predicted octanol–water partition coefficient (Wildman–Crippen LogP) is 2.41. The van der Waals surface area contributed by atoms with Crippen molar-refractivity contribution in [1.82, 2.24) is 9.80 Å². The Bertz CT molecular complexity index is 754. The number of methoxy groups -OCH3 is 1. The van der Waals surface area contributed by atoms with Gasteiger partial charge in [0.1, 0.15) is 0 Å². The number of hydrogen-bond donors (Lipinski definition) is 0. The van der Waals surface area contributed by atoms with Crippen molar-refractivity contribution in [2.75, 3.05) is 44.7 Å². The minimum Gasteiger partial charge on any atom is -0.453 e. The molecule has 8 heteroatoms. The number of carbonyl (C=O) groups is 3. The molecule has 3 amide bonds. The summed E-state index contributed by atoms with van der Waals surface area (Å²) in [6, 6.07) is 5.76. The van der Waals surface area contributed by atoms with E-state index in [0.29, 0.717) is 39.1 Å². The van der Waals surface area contributed by atoms with Gasteiger partial charge in [-0.1, -0.05) is 15.9 Å². The van der Waals surface area contributed by atoms with Crippen LogP contribution >= 0.6 is 15.9 Å². The van der Waals surface area contributed by atoms with Gasteiger partial charge in [0.2, 0.25) is 11.8 Å². The van der Waals surface area contributed by atoms with Gasteiger partial charge in [-0.2, -0.15) is 0 Å². The van der Waals surface area contributed by atoms with Gasteiger partial charge in [0, 0.05) is 49.3 Å². The number of benzene rings is 1. The SMILES string of the molecule is COC(=O)N1CCCN(C(=O)C2CC(=O)N(c3ccc(Br)c(C)c3)C2)CC1. The van der Waals surface area contributed by atoms with Crippen LogP contribution in [0.1, 0.15) is 18.4 Å². The summed E-state index contributed by atoms with van der Waals surface area (Å²) in [7, 11) is 1.36. The van der Waals surface area contributed by atoms with E-state index in [0.717, 1.165) is 15.7 Å². The molecule has 0 saturated carbocycles. The molecule has 3 rings (SSSR count). The maximum absolute atomic E-state index is 12.9. The second-order valence-electron chi connectivity index (χ2n) is 6.97. The average molecular weight is 438 g/mol. The average Bonchev–Trinajstić information content (AvgIpc) is 2.89. The molecule has 0 aliphatic carbocycles. The summed E-state index contributed by atoms with van der Waals surface area (Å²) >= 11 is 3.47. The Morgan fingerprint density at radius 1 is 1.15 bits per heavy atom. The molecule has 0 aromatic heterocycles. The van der Waals surface area contributed by atoms with Gasteiger partial charge >= 0.3 is 6.09 Å². The van der Waals surface area contributed by atoms with E-state index in [1.54, 1.807) is 14.7 Å². The maximum atomic E-state index is 12.9. The fraction of sp³-hybridized carbons (Fsp3) is 0.526. The van der Waals surface area contributed by atoms with Crippen molar-refractivity contribution in [2.24, 2.45) is 5.92 Å². The lowest BCUT2D eigenvalue weighted by molar-refractivity contribution is -0.135. The Labute approximate surface area is 167 Å². The summed E-state index contributed by atoms with van der Waals surface area (Å²) in [5.74, 6) is -0.376. The number of hydrogen-bond acceptors (Lipinski definition) is 4. The predicted molar refractivity (Wildman–Crippen MR) is 105 cm³/mol. The number of amides is 3. The highest BCUT2D eigenvalue weighted by Crippen LogP contribution is 2.29. The zero-order chi connectivity index (χ0) is 19.6. The van der Waals surface area contributed by atoms with E-state index < -0.39 is 0 Å². The minimum atomic E-state index is -0.364. The van der Waals surface area contributed by atoms with Crippen LogP contribution in [0.15, 0.2) is 22.7 Å². The van der Waals surface area contributed by atoms with Crippen LogP contribution in [-0.2, 0) is 14.3 Å². The third kappa shape index (κ3) is 4.26. The first-order valence-corrected chi connectivity index (χ1v) is 9.88. The van der Waals surface area contributed by atoms with Crippen LogP contribution in [0.2, 0.25) is 0 Å². The van der Waals surface area contributed by atoms with E-state index in [1.165, 1.54) is 7.11 Å². The number of halogens is 1. The lowest BCUT2D eigenvalue weighted by atomic mass is 10.1. The lowest BCUT2D eigenvalue weighted by Gasteiger charge is -2.24. The van der Waals surface area contributed by atoms with E-state index in [-0.39, 0.29) is 30.2 Å². The van der Waals surface area contributed by atoms with Gasteiger partial charge < -0.3 is 19.4 Å². The summed E-state index contributed by atoms with van der Waals surface area (Å²) < 4.78 is 5.76. The molecule has 2 fully saturated rings. The second-order valence-corrected chi connectivity index (χ2v) is 7.83. The van der Waals surface area contributed by atoms with Crippen molar-refractivity contribution in [2.45, 2.75) is 19.8 Å². The molecule has 0 spiro atoms. The van der Waals surface area contributed by atoms with Crippen molar-refractivity contribution in [3.63, 3.8) is 0 Å². The molecule has 27 heavy (non-hydrogen) atoms. The van der Waals surface area contributed by atoms with Crippen LogP contribution < -0.4 is 4.90 Å². The third-order valence-electron chi connectivity index (χ3n) is 5.17. The number of rotatable bonds is 2. The van der Waals surface area contributed by atoms with Gasteiger partial charge in [-0.25, -0.2) is 4.79 Å². The number of carbonyl (C=O) groups excluding carboxylic acids is 3. The second kappa shape index (κ2) is 8.29. The zero-order valence-electron chi connectivity index (χ0n) is 15.6. The standard InChI is InChI=1S/C19H24BrN3O4/c1-13-10-15(4-5-16(13)20)23-12-14(11-17(23)24)18(25)21-6-3-7-22(9-8-21)19(26)27-2/h4-5,10,14H,3,6-9,11-12H2,1-2H3. The van der Waals surface area contributed by atoms with Gasteiger partial charge in [-0.05, 0) is 37.1 Å². The number of anilines is 1. The molecule has 0 N–H and O–H groups in total. The van der Waals surface area contributed by atoms with Crippen LogP contribution in [0, 0.1) is 12.8 Å². The van der Waals surface area contributed by atoms with Crippen molar-refractivity contribution in [1.29, 1.82) is 0 Å². The molecule has 2 aliphatic heterocycles. The van der Waals surface area contributed by atoms with Gasteiger partial charge in [0.25, 0.3) is 0 Å². The van der Waals surface area contributed by atoms with E-state index in [9.17, 15) is 14.4 Å². The lowest BCUT2D eigenvalue weighted by Crippen LogP contribution is -2.40. The highest BCUT2D eigenvalue weighted by atomic mass is 79.9. The summed E-state index contributed by atoms with van der Waals surface area (Å²) in [6.07, 6.45) is 0.569. The van der Waals surface area contributed by atoms with E-state index in [2.05, 4.69) is 15.9 Å². The Balaban J connectivity index is 1.65. The molecule has 7 nitrogen and oxygen atoms in total. The fourth-order valence-electron chi connectivity index (χ4n) is 3.63. The molecule has 1 unspecified atom stereocenters. The van der Waals surface area contributed by atoms with Crippen LogP contribution in [0.3, 0.4) is 0 Å². The largest absolute Gasteiger partial charge is 0.453 e. The summed E-state index contributed by atoms with van der Waals surface area (Å²) in [6.45, 7) is 4.46. The highest BCUT2D eigenvalue weighted by Gasteiger charge is 2.37. The van der Waals surface area contributed by atoms with Crippen molar-refractivity contribution in [3.8, 4) is 0 Å². The van der Waals surface area contributed by atoms with Crippen molar-refractivity contribution in [3.05, 3.63) is 28.2 Å². The number of ether oxygens (including phenoxy) is 1. The molecule has 0 bridgehead atoms. The van der Waals surface area contributed by atoms with Crippen LogP contribution in [-0.4, -0.2) is 67.5 Å². The first-order valence-electron chi connectivity index (χ1n) is 9.09. The molecular weight excluding hydrogens is 414 g/mol. The monoisotopic (exact) mass is 437 g/mol. The van der Waals surface area contributed by atoms with Gasteiger partial charge in [0.05, 0.1) is 13.0 Å². The molecule has 0 radical (unpaired) electrons. The highest BCUT2D eigenvalue weighted by molar-refractivity contribution is 9.10. The molecular formula is C19H24BrN3O4. The van der Waals surface area contributed by atoms with E-state index in [1.807, 2.05) is 25.1 Å². The molecule has 2 heterocycles. The van der Waals surface area contributed by atoms with E-state index >= 15 is 0 Å². The first-order chi connectivity index (χ1) is 12.9. The van der Waals surface area contributed by atoms with Gasteiger partial charge in [-0.3, -0.25) is 9.59 Å². The minimum absolute atomic E-state index is 0.00796. The zero-order valence-corrected chi connectivity index (χ0v) is 17.2. The Kier molecular flexibility index (Phi) is 6.04. The number of nitrogens with zero attached hydrogens (tertiary/aromatic N) is 3. The van der Waals surface area contributed by atoms with Crippen LogP contribution in [0.25, 0.3) is 0 Å². The van der Waals surface area contributed by atoms with Gasteiger partial charge in [0.15, 0.2) is 0 Å². The fourth-order valence-corrected chi connectivity index (χ4v) is 3.87. The Hall–Kier alpha value is -2.09. The molecule has 2 aliphatic rings. The molecule has 1 aromatic carbocycles. The Morgan fingerprint density at radius 2 is 1.85 bits per heavy atom. The van der Waals surface area contributed by atoms with Crippen molar-refractivity contribution < 1.29 is 19.1 Å². The summed E-state index contributed by atoms with van der Waals surface area (Å²) in [5.41, 5.74) is 1.87. The number of aryl methyl sites for hydroxylation is 1. The normalized spacial score (nSPS) is 20.6. The molecule has 1 atom stereocenters. The quantitative estimate of drug-likeness (QED) is 0.711. The first kappa shape index (κ1) is 19.7. The smallest absolute Gasteiger partial charge is 0.409 e. The summed E-state index contributed by atoms with van der Waals surface area (Å²) in [5, 5.41) is 0. The maximum Gasteiger partial charge on any atom is 0.409 e. The summed E-state index contributed by atoms with van der Waals surface area (Å²) in [4.78, 5) is 42.2. The topological polar surface area (TPSA) is 70.2 Å². The third-order valence-corrected chi connectivity index (χ3v) is 6.06.